The molecule has 8 heteroatoms. The minimum atomic E-state index is -0.229. The van der Waals surface area contributed by atoms with Crippen LogP contribution in [0.15, 0.2) is 23.2 Å². The lowest BCUT2D eigenvalue weighted by Gasteiger charge is -2.14. The normalized spacial score (nSPS) is 10.8. The minimum Gasteiger partial charge on any atom is -0.355 e. The monoisotopic (exact) mass is 468 g/mol. The second-order valence-electron chi connectivity index (χ2n) is 4.98. The molecule has 1 aromatic rings. The molecule has 0 fully saturated rings. The number of nitrogens with one attached hydrogen (secondary N) is 3. The van der Waals surface area contributed by atoms with Crippen LogP contribution in [0.2, 0.25) is 0 Å². The van der Waals surface area contributed by atoms with Crippen LogP contribution >= 0.6 is 35.7 Å². The fourth-order valence-electron chi connectivity index (χ4n) is 1.95. The van der Waals surface area contributed by atoms with Crippen LogP contribution in [0, 0.1) is 5.82 Å². The van der Waals surface area contributed by atoms with Gasteiger partial charge in [0.25, 0.3) is 0 Å². The summed E-state index contributed by atoms with van der Waals surface area (Å²) in [5.74, 6) is 0.990. The summed E-state index contributed by atoms with van der Waals surface area (Å²) in [6.45, 7) is 3.36. The van der Waals surface area contributed by atoms with E-state index in [1.165, 1.54) is 6.07 Å². The van der Waals surface area contributed by atoms with Crippen molar-refractivity contribution in [3.63, 3.8) is 0 Å². The van der Waals surface area contributed by atoms with Crippen LogP contribution in [0.1, 0.15) is 24.5 Å². The van der Waals surface area contributed by atoms with E-state index in [4.69, 9.17) is 0 Å². The number of carbonyl (C=O) groups is 1. The van der Waals surface area contributed by atoms with Crippen LogP contribution in [0.5, 0.6) is 0 Å². The van der Waals surface area contributed by atoms with Crippen LogP contribution in [0.4, 0.5) is 4.39 Å². The molecule has 0 aliphatic carbocycles. The molecule has 0 unspecified atom stereocenters. The number of guanidine groups is 1. The van der Waals surface area contributed by atoms with E-state index in [2.05, 4.69) is 20.9 Å². The highest BCUT2D eigenvalue weighted by Gasteiger charge is 2.06. The molecule has 0 atom stereocenters. The topological polar surface area (TPSA) is 65.5 Å². The predicted octanol–water partition coefficient (Wildman–Crippen LogP) is 2.50. The third-order valence-electron chi connectivity index (χ3n) is 3.13. The van der Waals surface area contributed by atoms with Gasteiger partial charge in [0, 0.05) is 25.9 Å². The van der Waals surface area contributed by atoms with Gasteiger partial charge in [-0.1, -0.05) is 13.0 Å². The Morgan fingerprint density at radius 3 is 2.62 bits per heavy atom. The van der Waals surface area contributed by atoms with Crippen LogP contribution < -0.4 is 16.0 Å². The summed E-state index contributed by atoms with van der Waals surface area (Å²) in [6.07, 6.45) is 2.89. The first-order valence-corrected chi connectivity index (χ1v) is 8.97. The molecule has 0 heterocycles. The average molecular weight is 468 g/mol. The lowest BCUT2D eigenvalue weighted by Crippen LogP contribution is -2.43. The predicted molar refractivity (Wildman–Crippen MR) is 111 cm³/mol. The number of benzene rings is 1. The zero-order valence-corrected chi connectivity index (χ0v) is 17.5. The second kappa shape index (κ2) is 13.3. The molecule has 0 saturated heterocycles. The van der Waals surface area contributed by atoms with Gasteiger partial charge in [-0.25, -0.2) is 4.39 Å². The second-order valence-corrected chi connectivity index (χ2v) is 5.84. The molecule has 0 aromatic heterocycles. The minimum absolute atomic E-state index is 0. The van der Waals surface area contributed by atoms with Gasteiger partial charge >= 0.3 is 0 Å². The fraction of sp³-hybridized carbons (Fsp3) is 0.500. The van der Waals surface area contributed by atoms with Crippen molar-refractivity contribution in [2.75, 3.05) is 26.4 Å². The molecule has 0 aliphatic rings. The van der Waals surface area contributed by atoms with Crippen molar-refractivity contribution in [3.05, 3.63) is 35.1 Å². The summed E-state index contributed by atoms with van der Waals surface area (Å²) in [6, 6.07) is 4.78. The number of nitrogens with zero attached hydrogens (tertiary/aromatic N) is 1. The molecule has 1 amide bonds. The first-order chi connectivity index (χ1) is 11.1. The van der Waals surface area contributed by atoms with Crippen molar-refractivity contribution in [1.82, 2.24) is 16.0 Å². The Hall–Kier alpha value is -1.03. The van der Waals surface area contributed by atoms with Gasteiger partial charge < -0.3 is 16.0 Å². The molecule has 0 saturated carbocycles. The number of halogens is 2. The van der Waals surface area contributed by atoms with E-state index in [1.54, 1.807) is 30.9 Å². The molecule has 0 aliphatic heterocycles. The quantitative estimate of drug-likeness (QED) is 0.312. The summed E-state index contributed by atoms with van der Waals surface area (Å²) in [7, 11) is 1.65. The van der Waals surface area contributed by atoms with Gasteiger partial charge in [0.15, 0.2) is 5.96 Å². The molecule has 0 radical (unpaired) electrons. The van der Waals surface area contributed by atoms with Gasteiger partial charge in [-0.05, 0) is 35.9 Å². The SMILES string of the molecule is CCCNC(=O)CNC(=NC)NCc1ccc(F)cc1CSC.I. The van der Waals surface area contributed by atoms with Gasteiger partial charge in [0.2, 0.25) is 5.91 Å². The maximum atomic E-state index is 13.3. The molecular weight excluding hydrogens is 442 g/mol. The Labute approximate surface area is 164 Å². The lowest BCUT2D eigenvalue weighted by molar-refractivity contribution is -0.120. The highest BCUT2D eigenvalue weighted by molar-refractivity contribution is 14.0. The molecule has 1 aromatic carbocycles. The highest BCUT2D eigenvalue weighted by atomic mass is 127. The number of hydrogen-bond acceptors (Lipinski definition) is 3. The maximum Gasteiger partial charge on any atom is 0.239 e. The number of thioether (sulfide) groups is 1. The van der Waals surface area contributed by atoms with Gasteiger partial charge in [0.1, 0.15) is 5.82 Å². The average Bonchev–Trinajstić information content (AvgIpc) is 2.55. The zero-order chi connectivity index (χ0) is 17.1. The molecule has 1 rings (SSSR count). The van der Waals surface area contributed by atoms with E-state index in [1.807, 2.05) is 13.2 Å². The van der Waals surface area contributed by atoms with Crippen molar-refractivity contribution in [2.24, 2.45) is 4.99 Å². The van der Waals surface area contributed by atoms with Crippen LogP contribution in [0.25, 0.3) is 0 Å². The standard InChI is InChI=1S/C16H25FN4OS.HI/c1-4-7-19-15(22)10-21-16(18-2)20-9-12-5-6-14(17)8-13(12)11-23-3;/h5-6,8H,4,7,9-11H2,1-3H3,(H,19,22)(H2,18,20,21);1H. The molecular formula is C16H26FIN4OS. The summed E-state index contributed by atoms with van der Waals surface area (Å²) in [5, 5.41) is 8.89. The third kappa shape index (κ3) is 8.72. The van der Waals surface area contributed by atoms with Gasteiger partial charge in [0.05, 0.1) is 6.54 Å². The van der Waals surface area contributed by atoms with E-state index in [0.29, 0.717) is 19.0 Å². The number of hydrogen-bond donors (Lipinski definition) is 3. The summed E-state index contributed by atoms with van der Waals surface area (Å²) >= 11 is 1.65. The highest BCUT2D eigenvalue weighted by Crippen LogP contribution is 2.16. The Morgan fingerprint density at radius 2 is 2.00 bits per heavy atom. The third-order valence-corrected chi connectivity index (χ3v) is 3.73. The van der Waals surface area contributed by atoms with E-state index in [0.717, 1.165) is 23.3 Å². The van der Waals surface area contributed by atoms with Crippen molar-refractivity contribution < 1.29 is 9.18 Å². The molecule has 3 N–H and O–H groups in total. The van der Waals surface area contributed by atoms with E-state index in [-0.39, 0.29) is 42.2 Å². The number of carbonyl (C=O) groups excluding carboxylic acids is 1. The van der Waals surface area contributed by atoms with Gasteiger partial charge in [-0.2, -0.15) is 11.8 Å². The van der Waals surface area contributed by atoms with Crippen LogP contribution in [-0.2, 0) is 17.1 Å². The van der Waals surface area contributed by atoms with E-state index in [9.17, 15) is 9.18 Å². The fourth-order valence-corrected chi connectivity index (χ4v) is 2.53. The van der Waals surface area contributed by atoms with E-state index < -0.39 is 0 Å². The van der Waals surface area contributed by atoms with Gasteiger partial charge in [-0.15, -0.1) is 24.0 Å². The maximum absolute atomic E-state index is 13.3. The van der Waals surface area contributed by atoms with Crippen molar-refractivity contribution in [1.29, 1.82) is 0 Å². The Bertz CT molecular complexity index is 543. The van der Waals surface area contributed by atoms with Crippen molar-refractivity contribution in [2.45, 2.75) is 25.6 Å². The number of aliphatic imine (C=N–C) groups is 1. The van der Waals surface area contributed by atoms with Gasteiger partial charge in [-0.3, -0.25) is 9.79 Å². The largest absolute Gasteiger partial charge is 0.355 e. The molecule has 136 valence electrons. The smallest absolute Gasteiger partial charge is 0.239 e. The van der Waals surface area contributed by atoms with Crippen LogP contribution in [0.3, 0.4) is 0 Å². The number of amides is 1. The zero-order valence-electron chi connectivity index (χ0n) is 14.3. The van der Waals surface area contributed by atoms with E-state index >= 15 is 0 Å². The lowest BCUT2D eigenvalue weighted by atomic mass is 10.1. The van der Waals surface area contributed by atoms with Crippen molar-refractivity contribution >= 4 is 47.6 Å². The van der Waals surface area contributed by atoms with Crippen molar-refractivity contribution in [3.8, 4) is 0 Å². The molecule has 0 spiro atoms. The molecule has 24 heavy (non-hydrogen) atoms. The summed E-state index contributed by atoms with van der Waals surface area (Å²) in [4.78, 5) is 15.7. The first-order valence-electron chi connectivity index (χ1n) is 7.58. The first kappa shape index (κ1) is 23.0. The summed E-state index contributed by atoms with van der Waals surface area (Å²) < 4.78 is 13.3. The Balaban J connectivity index is 0.00000529. The number of rotatable bonds is 8. The molecule has 0 bridgehead atoms. The Morgan fingerprint density at radius 1 is 1.25 bits per heavy atom. The Kier molecular flexibility index (Phi) is 12.7. The summed E-state index contributed by atoms with van der Waals surface area (Å²) in [5.41, 5.74) is 1.97. The van der Waals surface area contributed by atoms with Crippen LogP contribution in [-0.4, -0.2) is 38.3 Å². The molecule has 5 nitrogen and oxygen atoms in total.